The predicted octanol–water partition coefficient (Wildman–Crippen LogP) is 3.88. The summed E-state index contributed by atoms with van der Waals surface area (Å²) >= 11 is 0. The van der Waals surface area contributed by atoms with Crippen LogP contribution in [-0.4, -0.2) is 36.9 Å². The molecule has 0 radical (unpaired) electrons. The first-order valence-corrected chi connectivity index (χ1v) is 9.35. The number of carbonyl (C=O) groups is 2. The van der Waals surface area contributed by atoms with E-state index in [9.17, 15) is 9.59 Å². The summed E-state index contributed by atoms with van der Waals surface area (Å²) in [4.78, 5) is 26.1. The molecule has 2 aromatic carbocycles. The molecule has 0 saturated carbocycles. The molecule has 27 heavy (non-hydrogen) atoms. The second-order valence-electron chi connectivity index (χ2n) is 7.06. The summed E-state index contributed by atoms with van der Waals surface area (Å²) in [5.74, 6) is 0.182. The number of nitrogens with one attached hydrogen (secondary N) is 2. The maximum absolute atomic E-state index is 12.2. The van der Waals surface area contributed by atoms with Gasteiger partial charge in [0.25, 0.3) is 0 Å². The molecule has 2 amide bonds. The SMILES string of the molecule is CCc1ccccc1NC(=O)CN(C)CC(=O)Nc1ccc(C(C)C)cc1. The number of likely N-dealkylation sites (N-methyl/N-ethyl adjacent to an activating group) is 1. The molecule has 2 N–H and O–H groups in total. The average molecular weight is 367 g/mol. The molecular formula is C22H29N3O2. The van der Waals surface area contributed by atoms with Crippen LogP contribution in [0.1, 0.15) is 37.8 Å². The number of rotatable bonds is 8. The lowest BCUT2D eigenvalue weighted by atomic mass is 10.0. The molecule has 0 aliphatic carbocycles. The van der Waals surface area contributed by atoms with Crippen molar-refractivity contribution in [1.82, 2.24) is 4.90 Å². The Morgan fingerprint density at radius 2 is 1.52 bits per heavy atom. The molecule has 0 aromatic heterocycles. The molecular weight excluding hydrogens is 338 g/mol. The van der Waals surface area contributed by atoms with Crippen molar-refractivity contribution < 1.29 is 9.59 Å². The lowest BCUT2D eigenvalue weighted by Crippen LogP contribution is -2.36. The molecule has 5 nitrogen and oxygen atoms in total. The summed E-state index contributed by atoms with van der Waals surface area (Å²) in [6.07, 6.45) is 0.851. The zero-order valence-electron chi connectivity index (χ0n) is 16.6. The number of carbonyl (C=O) groups excluding carboxylic acids is 2. The highest BCUT2D eigenvalue weighted by atomic mass is 16.2. The van der Waals surface area contributed by atoms with Gasteiger partial charge in [-0.25, -0.2) is 0 Å². The number of amides is 2. The summed E-state index contributed by atoms with van der Waals surface area (Å²) in [5.41, 5.74) is 3.91. The number of benzene rings is 2. The molecule has 2 rings (SSSR count). The number of para-hydroxylation sites is 1. The van der Waals surface area contributed by atoms with Crippen molar-refractivity contribution in [3.05, 3.63) is 59.7 Å². The van der Waals surface area contributed by atoms with E-state index in [1.165, 1.54) is 5.56 Å². The highest BCUT2D eigenvalue weighted by Gasteiger charge is 2.12. The van der Waals surface area contributed by atoms with Crippen LogP contribution in [0, 0.1) is 0 Å². The molecule has 0 spiro atoms. The second kappa shape index (κ2) is 9.88. The summed E-state index contributed by atoms with van der Waals surface area (Å²) in [6, 6.07) is 15.6. The first-order chi connectivity index (χ1) is 12.9. The Morgan fingerprint density at radius 1 is 0.926 bits per heavy atom. The molecule has 0 aliphatic rings. The van der Waals surface area contributed by atoms with E-state index in [1.54, 1.807) is 11.9 Å². The fraction of sp³-hybridized carbons (Fsp3) is 0.364. The average Bonchev–Trinajstić information content (AvgIpc) is 2.62. The van der Waals surface area contributed by atoms with E-state index in [4.69, 9.17) is 0 Å². The highest BCUT2D eigenvalue weighted by molar-refractivity contribution is 5.95. The summed E-state index contributed by atoms with van der Waals surface area (Å²) in [6.45, 7) is 6.61. The van der Waals surface area contributed by atoms with E-state index in [2.05, 4.69) is 31.4 Å². The van der Waals surface area contributed by atoms with E-state index >= 15 is 0 Å². The molecule has 0 aliphatic heterocycles. The fourth-order valence-electron chi connectivity index (χ4n) is 2.84. The lowest BCUT2D eigenvalue weighted by Gasteiger charge is -2.17. The Morgan fingerprint density at radius 3 is 2.11 bits per heavy atom. The quantitative estimate of drug-likeness (QED) is 0.744. The Kier molecular flexibility index (Phi) is 7.55. The van der Waals surface area contributed by atoms with Crippen LogP contribution in [0.3, 0.4) is 0 Å². The normalized spacial score (nSPS) is 10.9. The maximum atomic E-state index is 12.2. The molecule has 0 bridgehead atoms. The van der Waals surface area contributed by atoms with Crippen LogP contribution in [0.5, 0.6) is 0 Å². The smallest absolute Gasteiger partial charge is 0.238 e. The van der Waals surface area contributed by atoms with Crippen LogP contribution in [0.2, 0.25) is 0 Å². The van der Waals surface area contributed by atoms with Gasteiger partial charge in [-0.3, -0.25) is 14.5 Å². The van der Waals surface area contributed by atoms with Gasteiger partial charge in [0.2, 0.25) is 11.8 Å². The van der Waals surface area contributed by atoms with Crippen LogP contribution in [0.4, 0.5) is 11.4 Å². The van der Waals surface area contributed by atoms with Gasteiger partial charge in [-0.05, 0) is 48.7 Å². The molecule has 0 atom stereocenters. The van der Waals surface area contributed by atoms with Gasteiger partial charge in [0.15, 0.2) is 0 Å². The van der Waals surface area contributed by atoms with Crippen molar-refractivity contribution in [3.8, 4) is 0 Å². The largest absolute Gasteiger partial charge is 0.325 e. The Hall–Kier alpha value is -2.66. The molecule has 0 heterocycles. The number of hydrogen-bond acceptors (Lipinski definition) is 3. The number of hydrogen-bond donors (Lipinski definition) is 2. The molecule has 2 aromatic rings. The van der Waals surface area contributed by atoms with Gasteiger partial charge < -0.3 is 10.6 Å². The minimum Gasteiger partial charge on any atom is -0.325 e. The van der Waals surface area contributed by atoms with Gasteiger partial charge in [-0.2, -0.15) is 0 Å². The number of nitrogens with zero attached hydrogens (tertiary/aromatic N) is 1. The molecule has 0 saturated heterocycles. The summed E-state index contributed by atoms with van der Waals surface area (Å²) in [7, 11) is 1.76. The number of anilines is 2. The summed E-state index contributed by atoms with van der Waals surface area (Å²) in [5, 5.41) is 5.79. The third-order valence-electron chi connectivity index (χ3n) is 4.36. The van der Waals surface area contributed by atoms with E-state index in [0.29, 0.717) is 5.92 Å². The van der Waals surface area contributed by atoms with Gasteiger partial charge >= 0.3 is 0 Å². The van der Waals surface area contributed by atoms with Crippen LogP contribution >= 0.6 is 0 Å². The molecule has 144 valence electrons. The Bertz CT molecular complexity index is 769. The molecule has 5 heteroatoms. The van der Waals surface area contributed by atoms with E-state index in [1.807, 2.05) is 48.5 Å². The monoisotopic (exact) mass is 367 g/mol. The van der Waals surface area contributed by atoms with Crippen molar-refractivity contribution in [2.24, 2.45) is 0 Å². The zero-order valence-corrected chi connectivity index (χ0v) is 16.6. The fourth-order valence-corrected chi connectivity index (χ4v) is 2.84. The lowest BCUT2D eigenvalue weighted by molar-refractivity contribution is -0.119. The van der Waals surface area contributed by atoms with Gasteiger partial charge in [-0.1, -0.05) is 51.1 Å². The van der Waals surface area contributed by atoms with Crippen LogP contribution in [-0.2, 0) is 16.0 Å². The first-order valence-electron chi connectivity index (χ1n) is 9.35. The third-order valence-corrected chi connectivity index (χ3v) is 4.36. The van der Waals surface area contributed by atoms with Crippen LogP contribution in [0.15, 0.2) is 48.5 Å². The standard InChI is InChI=1S/C22H29N3O2/c1-5-17-8-6-7-9-20(17)24-22(27)15-25(4)14-21(26)23-19-12-10-18(11-13-19)16(2)3/h6-13,16H,5,14-15H2,1-4H3,(H,23,26)(H,24,27). The molecule has 0 unspecified atom stereocenters. The summed E-state index contributed by atoms with van der Waals surface area (Å²) < 4.78 is 0. The second-order valence-corrected chi connectivity index (χ2v) is 7.06. The van der Waals surface area contributed by atoms with Crippen molar-refractivity contribution in [2.45, 2.75) is 33.1 Å². The first kappa shape index (κ1) is 20.6. The minimum atomic E-state index is -0.142. The van der Waals surface area contributed by atoms with Crippen molar-refractivity contribution >= 4 is 23.2 Å². The van der Waals surface area contributed by atoms with Crippen molar-refractivity contribution in [3.63, 3.8) is 0 Å². The van der Waals surface area contributed by atoms with Crippen LogP contribution < -0.4 is 10.6 Å². The van der Waals surface area contributed by atoms with Crippen molar-refractivity contribution in [1.29, 1.82) is 0 Å². The topological polar surface area (TPSA) is 61.4 Å². The van der Waals surface area contributed by atoms with Gasteiger partial charge in [0, 0.05) is 11.4 Å². The molecule has 0 fully saturated rings. The van der Waals surface area contributed by atoms with E-state index in [0.717, 1.165) is 23.4 Å². The number of aryl methyl sites for hydroxylation is 1. The zero-order chi connectivity index (χ0) is 19.8. The van der Waals surface area contributed by atoms with Crippen LogP contribution in [0.25, 0.3) is 0 Å². The van der Waals surface area contributed by atoms with Gasteiger partial charge in [0.1, 0.15) is 0 Å². The van der Waals surface area contributed by atoms with E-state index < -0.39 is 0 Å². The maximum Gasteiger partial charge on any atom is 0.238 e. The Labute approximate surface area is 161 Å². The van der Waals surface area contributed by atoms with Gasteiger partial charge in [0.05, 0.1) is 13.1 Å². The minimum absolute atomic E-state index is 0.132. The third kappa shape index (κ3) is 6.53. The Balaban J connectivity index is 1.82. The predicted molar refractivity (Wildman–Crippen MR) is 111 cm³/mol. The highest BCUT2D eigenvalue weighted by Crippen LogP contribution is 2.17. The van der Waals surface area contributed by atoms with Crippen molar-refractivity contribution in [2.75, 3.05) is 30.8 Å². The van der Waals surface area contributed by atoms with E-state index in [-0.39, 0.29) is 24.9 Å². The van der Waals surface area contributed by atoms with Gasteiger partial charge in [-0.15, -0.1) is 0 Å².